The molecule has 0 saturated heterocycles. The lowest BCUT2D eigenvalue weighted by Crippen LogP contribution is -1.93. The monoisotopic (exact) mass is 257 g/mol. The van der Waals surface area contributed by atoms with Gasteiger partial charge in [0.05, 0.1) is 0 Å². The molecule has 0 aromatic heterocycles. The largest absolute Gasteiger partial charge is 0.398 e. The van der Waals surface area contributed by atoms with Gasteiger partial charge in [0.1, 0.15) is 0 Å². The van der Waals surface area contributed by atoms with E-state index < -0.39 is 0 Å². The minimum absolute atomic E-state index is 0.386. The van der Waals surface area contributed by atoms with Crippen molar-refractivity contribution in [2.24, 2.45) is 0 Å². The molecule has 1 aromatic rings. The Balaban J connectivity index is 2.86. The molecule has 1 unspecified atom stereocenters. The maximum absolute atomic E-state index is 5.82. The van der Waals surface area contributed by atoms with E-state index in [1.807, 2.05) is 24.3 Å². The molecule has 0 bridgehead atoms. The van der Waals surface area contributed by atoms with E-state index >= 15 is 0 Å². The molecule has 1 rings (SSSR count). The van der Waals surface area contributed by atoms with Crippen LogP contribution in [0.15, 0.2) is 40.2 Å². The molecule has 70 valence electrons. The van der Waals surface area contributed by atoms with Crippen molar-refractivity contribution in [3.05, 3.63) is 35.3 Å². The van der Waals surface area contributed by atoms with Gasteiger partial charge in [-0.2, -0.15) is 0 Å². The normalized spacial score (nSPS) is 12.5. The van der Waals surface area contributed by atoms with Crippen LogP contribution >= 0.6 is 27.7 Å². The molecule has 0 amide bonds. The fraction of sp³-hybridized carbons (Fsp3) is 0.200. The molecule has 2 N–H and O–H groups in total. The van der Waals surface area contributed by atoms with Crippen molar-refractivity contribution < 1.29 is 0 Å². The number of thioether (sulfide) groups is 1. The summed E-state index contributed by atoms with van der Waals surface area (Å²) < 4.78 is 1.06. The maximum Gasteiger partial charge on any atom is 0.0453 e. The lowest BCUT2D eigenvalue weighted by Gasteiger charge is -2.08. The van der Waals surface area contributed by atoms with E-state index in [1.54, 1.807) is 11.8 Å². The topological polar surface area (TPSA) is 26.0 Å². The summed E-state index contributed by atoms with van der Waals surface area (Å²) in [5.74, 6) is 0. The first-order chi connectivity index (χ1) is 6.13. The van der Waals surface area contributed by atoms with Crippen molar-refractivity contribution in [2.75, 3.05) is 5.73 Å². The van der Waals surface area contributed by atoms with Crippen molar-refractivity contribution in [2.45, 2.75) is 17.1 Å². The Labute approximate surface area is 91.5 Å². The van der Waals surface area contributed by atoms with Gasteiger partial charge in [0.15, 0.2) is 0 Å². The van der Waals surface area contributed by atoms with Crippen LogP contribution in [0.1, 0.15) is 6.92 Å². The first-order valence-electron chi connectivity index (χ1n) is 3.97. The maximum atomic E-state index is 5.82. The quantitative estimate of drug-likeness (QED) is 0.508. The Morgan fingerprint density at radius 1 is 1.62 bits per heavy atom. The first-order valence-corrected chi connectivity index (χ1v) is 5.65. The van der Waals surface area contributed by atoms with Crippen LogP contribution < -0.4 is 5.73 Å². The molecule has 0 aliphatic carbocycles. The fourth-order valence-electron chi connectivity index (χ4n) is 0.859. The number of rotatable bonds is 3. The Morgan fingerprint density at radius 2 is 2.31 bits per heavy atom. The van der Waals surface area contributed by atoms with Crippen LogP contribution in [0.25, 0.3) is 0 Å². The van der Waals surface area contributed by atoms with Gasteiger partial charge in [-0.05, 0) is 25.1 Å². The zero-order valence-corrected chi connectivity index (χ0v) is 9.86. The number of halogens is 1. The van der Waals surface area contributed by atoms with Crippen molar-refractivity contribution in [3.8, 4) is 0 Å². The number of benzene rings is 1. The molecule has 0 radical (unpaired) electrons. The standard InChI is InChI=1S/C10H12BrNS/c1-3-7(2)13-10-6-8(11)4-5-9(10)12/h3-7H,1,12H2,2H3. The van der Waals surface area contributed by atoms with Crippen LogP contribution in [0.3, 0.4) is 0 Å². The average Bonchev–Trinajstić information content (AvgIpc) is 2.11. The molecule has 0 saturated carbocycles. The molecule has 1 aromatic carbocycles. The van der Waals surface area contributed by atoms with Crippen LogP contribution in [0, 0.1) is 0 Å². The highest BCUT2D eigenvalue weighted by Gasteiger charge is 2.04. The fourth-order valence-corrected chi connectivity index (χ4v) is 2.27. The summed E-state index contributed by atoms with van der Waals surface area (Å²) >= 11 is 5.12. The Hall–Kier alpha value is -0.410. The lowest BCUT2D eigenvalue weighted by molar-refractivity contribution is 1.24. The number of hydrogen-bond donors (Lipinski definition) is 1. The van der Waals surface area contributed by atoms with E-state index in [2.05, 4.69) is 29.4 Å². The molecule has 0 fully saturated rings. The second-order valence-corrected chi connectivity index (χ2v) is 5.08. The van der Waals surface area contributed by atoms with Crippen LogP contribution in [0.5, 0.6) is 0 Å². The van der Waals surface area contributed by atoms with E-state index in [0.29, 0.717) is 5.25 Å². The van der Waals surface area contributed by atoms with Crippen molar-refractivity contribution >= 4 is 33.4 Å². The van der Waals surface area contributed by atoms with E-state index in [1.165, 1.54) is 0 Å². The van der Waals surface area contributed by atoms with Crippen LogP contribution in [-0.2, 0) is 0 Å². The number of nitrogens with two attached hydrogens (primary N) is 1. The number of hydrogen-bond acceptors (Lipinski definition) is 2. The van der Waals surface area contributed by atoms with Gasteiger partial charge >= 0.3 is 0 Å². The molecule has 1 atom stereocenters. The highest BCUT2D eigenvalue weighted by atomic mass is 79.9. The van der Waals surface area contributed by atoms with Gasteiger partial charge in [-0.25, -0.2) is 0 Å². The van der Waals surface area contributed by atoms with Gasteiger partial charge in [0.2, 0.25) is 0 Å². The van der Waals surface area contributed by atoms with Gasteiger partial charge in [-0.3, -0.25) is 0 Å². The van der Waals surface area contributed by atoms with Crippen LogP contribution in [0.4, 0.5) is 5.69 Å². The van der Waals surface area contributed by atoms with Crippen LogP contribution in [-0.4, -0.2) is 5.25 Å². The summed E-state index contributed by atoms with van der Waals surface area (Å²) in [6, 6.07) is 5.88. The Morgan fingerprint density at radius 3 is 2.92 bits per heavy atom. The third-order valence-electron chi connectivity index (χ3n) is 1.62. The summed E-state index contributed by atoms with van der Waals surface area (Å²) in [6.45, 7) is 5.83. The Kier molecular flexibility index (Phi) is 3.88. The molecule has 3 heteroatoms. The highest BCUT2D eigenvalue weighted by Crippen LogP contribution is 2.31. The summed E-state index contributed by atoms with van der Waals surface area (Å²) in [5, 5.41) is 0.386. The minimum atomic E-state index is 0.386. The summed E-state index contributed by atoms with van der Waals surface area (Å²) in [7, 11) is 0. The van der Waals surface area contributed by atoms with Crippen molar-refractivity contribution in [3.63, 3.8) is 0 Å². The summed E-state index contributed by atoms with van der Waals surface area (Å²) in [4.78, 5) is 1.10. The SMILES string of the molecule is C=CC(C)Sc1cc(Br)ccc1N. The molecule has 13 heavy (non-hydrogen) atoms. The summed E-state index contributed by atoms with van der Waals surface area (Å²) in [6.07, 6.45) is 1.91. The van der Waals surface area contributed by atoms with Crippen molar-refractivity contribution in [1.82, 2.24) is 0 Å². The second-order valence-electron chi connectivity index (χ2n) is 2.74. The van der Waals surface area contributed by atoms with Gasteiger partial charge in [-0.15, -0.1) is 18.3 Å². The molecular weight excluding hydrogens is 246 g/mol. The van der Waals surface area contributed by atoms with Crippen LogP contribution in [0.2, 0.25) is 0 Å². The highest BCUT2D eigenvalue weighted by molar-refractivity contribution is 9.10. The summed E-state index contributed by atoms with van der Waals surface area (Å²) in [5.41, 5.74) is 6.64. The predicted molar refractivity (Wildman–Crippen MR) is 64.1 cm³/mol. The third kappa shape index (κ3) is 3.08. The van der Waals surface area contributed by atoms with E-state index in [-0.39, 0.29) is 0 Å². The third-order valence-corrected chi connectivity index (χ3v) is 3.29. The smallest absolute Gasteiger partial charge is 0.0453 e. The number of anilines is 1. The average molecular weight is 258 g/mol. The first kappa shape index (κ1) is 10.7. The minimum Gasteiger partial charge on any atom is -0.398 e. The van der Waals surface area contributed by atoms with Gasteiger partial charge < -0.3 is 5.73 Å². The second kappa shape index (κ2) is 4.72. The molecule has 0 aliphatic rings. The Bertz CT molecular complexity index is 312. The van der Waals surface area contributed by atoms with Gasteiger partial charge in [0, 0.05) is 20.3 Å². The van der Waals surface area contributed by atoms with Gasteiger partial charge in [-0.1, -0.05) is 22.0 Å². The predicted octanol–water partition coefficient (Wildman–Crippen LogP) is 3.70. The number of nitrogen functional groups attached to an aromatic ring is 1. The van der Waals surface area contributed by atoms with E-state index in [0.717, 1.165) is 15.1 Å². The molecule has 0 spiro atoms. The molecular formula is C10H12BrNS. The molecule has 0 heterocycles. The van der Waals surface area contributed by atoms with Gasteiger partial charge in [0.25, 0.3) is 0 Å². The molecule has 0 aliphatic heterocycles. The zero-order valence-electron chi connectivity index (χ0n) is 7.46. The lowest BCUT2D eigenvalue weighted by atomic mass is 10.3. The van der Waals surface area contributed by atoms with E-state index in [9.17, 15) is 0 Å². The zero-order chi connectivity index (χ0) is 9.84. The molecule has 1 nitrogen and oxygen atoms in total. The van der Waals surface area contributed by atoms with Crippen molar-refractivity contribution in [1.29, 1.82) is 0 Å². The van der Waals surface area contributed by atoms with E-state index in [4.69, 9.17) is 5.73 Å².